The van der Waals surface area contributed by atoms with Gasteiger partial charge in [-0.05, 0) is 78.4 Å². The average molecular weight is 972 g/mol. The first-order valence-electron chi connectivity index (χ1n) is 25.5. The standard InChI is InChI=1S/C68H37N5O3/c1-70-65-45(37-69)66(71-46-25-11-5-19-39(46)59-49(71)31-34-55-62(59)42-22-8-14-28-52(42)74-55)58(38-17-3-2-4-18-38)67(72-47-26-12-6-20-40(47)60-50(72)32-35-56-63(60)43-23-9-15-29-53(43)75-56)68(65)73-48-27-13-7-21-41(48)61-51(73)33-36-57-64(61)44-24-10-16-30-54(44)76-57/h2-36,42,52H. The van der Waals surface area contributed by atoms with E-state index in [-0.39, 0.29) is 23.3 Å². The van der Waals surface area contributed by atoms with Gasteiger partial charge < -0.3 is 27.3 Å². The van der Waals surface area contributed by atoms with Crippen LogP contribution in [0.25, 0.3) is 142 Å². The Hall–Kier alpha value is -10.5. The van der Waals surface area contributed by atoms with Crippen molar-refractivity contribution < 1.29 is 13.6 Å². The van der Waals surface area contributed by atoms with E-state index in [1.807, 2.05) is 42.5 Å². The molecule has 2 aliphatic rings. The van der Waals surface area contributed by atoms with E-state index in [4.69, 9.17) is 13.6 Å². The van der Waals surface area contributed by atoms with Gasteiger partial charge in [0.2, 0.25) is 5.69 Å². The predicted octanol–water partition coefficient (Wildman–Crippen LogP) is 17.8. The fourth-order valence-corrected chi connectivity index (χ4v) is 13.3. The number of fused-ring (bicyclic) bond motifs is 21. The molecule has 0 radical (unpaired) electrons. The van der Waals surface area contributed by atoms with Gasteiger partial charge in [0.05, 0.1) is 68.4 Å². The van der Waals surface area contributed by atoms with E-state index in [0.29, 0.717) is 11.4 Å². The van der Waals surface area contributed by atoms with Crippen LogP contribution in [0.4, 0.5) is 5.69 Å². The quantitative estimate of drug-likeness (QED) is 0.165. The zero-order valence-corrected chi connectivity index (χ0v) is 40.3. The molecule has 1 aliphatic heterocycles. The maximum atomic E-state index is 12.2. The lowest BCUT2D eigenvalue weighted by Gasteiger charge is -2.27. The Labute approximate surface area is 432 Å². The van der Waals surface area contributed by atoms with Gasteiger partial charge in [0.1, 0.15) is 34.2 Å². The van der Waals surface area contributed by atoms with Crippen LogP contribution in [0, 0.1) is 17.9 Å². The van der Waals surface area contributed by atoms with Crippen LogP contribution >= 0.6 is 0 Å². The summed E-state index contributed by atoms with van der Waals surface area (Å²) in [5, 5.41) is 22.4. The van der Waals surface area contributed by atoms with Gasteiger partial charge in [-0.1, -0.05) is 140 Å². The molecule has 8 nitrogen and oxygen atoms in total. The van der Waals surface area contributed by atoms with Gasteiger partial charge in [0.25, 0.3) is 0 Å². The summed E-state index contributed by atoms with van der Waals surface area (Å²) >= 11 is 0. The number of ether oxygens (including phenoxy) is 1. The monoisotopic (exact) mass is 971 g/mol. The number of rotatable bonds is 4. The molecule has 0 fully saturated rings. The second kappa shape index (κ2) is 15.0. The highest BCUT2D eigenvalue weighted by atomic mass is 16.5. The minimum Gasteiger partial charge on any atom is -0.485 e. The van der Waals surface area contributed by atoms with Gasteiger partial charge in [-0.3, -0.25) is 0 Å². The minimum atomic E-state index is -0.136. The van der Waals surface area contributed by atoms with E-state index in [9.17, 15) is 11.8 Å². The molecule has 0 saturated heterocycles. The predicted molar refractivity (Wildman–Crippen MR) is 306 cm³/mol. The number of para-hydroxylation sites is 5. The summed E-state index contributed by atoms with van der Waals surface area (Å²) in [5.41, 5.74) is 13.8. The van der Waals surface area contributed by atoms with Gasteiger partial charge in [-0.2, -0.15) is 5.26 Å². The molecular weight excluding hydrogens is 935 g/mol. The highest BCUT2D eigenvalue weighted by Gasteiger charge is 2.38. The highest BCUT2D eigenvalue weighted by molar-refractivity contribution is 6.30. The van der Waals surface area contributed by atoms with Crippen LogP contribution in [0.3, 0.4) is 0 Å². The largest absolute Gasteiger partial charge is 0.485 e. The molecule has 76 heavy (non-hydrogen) atoms. The SMILES string of the molecule is [C-]#[N+]c1c(C#N)c(-n2c3ccccc3c3c4c(ccc32)OC2C=CC=CC42)c(-c2ccccc2)c(-n2c3ccccc3c3c4c(ccc32)oc2ccccc24)c1-n1c2ccccc2c2c3c(ccc21)oc1ccccc13. The Balaban J connectivity index is 1.14. The average Bonchev–Trinajstić information content (AvgIpc) is 4.50. The highest BCUT2D eigenvalue weighted by Crippen LogP contribution is 2.55. The summed E-state index contributed by atoms with van der Waals surface area (Å²) in [6.45, 7) is 9.60. The zero-order valence-electron chi connectivity index (χ0n) is 40.3. The van der Waals surface area contributed by atoms with Gasteiger partial charge in [-0.15, -0.1) is 0 Å². The molecule has 10 aromatic carbocycles. The first-order chi connectivity index (χ1) is 37.7. The van der Waals surface area contributed by atoms with E-state index >= 15 is 0 Å². The van der Waals surface area contributed by atoms with Crippen LogP contribution in [-0.2, 0) is 0 Å². The summed E-state index contributed by atoms with van der Waals surface area (Å²) in [6, 6.07) is 67.6. The van der Waals surface area contributed by atoms with Crippen LogP contribution in [0.1, 0.15) is 17.0 Å². The van der Waals surface area contributed by atoms with Gasteiger partial charge in [0, 0.05) is 70.9 Å². The molecule has 0 amide bonds. The third-order valence-electron chi connectivity index (χ3n) is 16.2. The first-order valence-corrected chi connectivity index (χ1v) is 25.5. The van der Waals surface area contributed by atoms with Crippen molar-refractivity contribution in [2.75, 3.05) is 0 Å². The number of allylic oxidation sites excluding steroid dienone is 2. The van der Waals surface area contributed by atoms with Crippen LogP contribution in [0.5, 0.6) is 5.75 Å². The molecular formula is C68H37N5O3. The van der Waals surface area contributed by atoms with Crippen molar-refractivity contribution in [3.63, 3.8) is 0 Å². The van der Waals surface area contributed by atoms with Crippen LogP contribution < -0.4 is 4.74 Å². The zero-order chi connectivity index (χ0) is 49.9. The van der Waals surface area contributed by atoms with Crippen LogP contribution in [0.15, 0.2) is 221 Å². The summed E-state index contributed by atoms with van der Waals surface area (Å²) < 4.78 is 26.7. The number of hydrogen-bond donors (Lipinski definition) is 0. The lowest BCUT2D eigenvalue weighted by molar-refractivity contribution is 0.269. The van der Waals surface area contributed by atoms with Gasteiger partial charge in [-0.25, -0.2) is 4.85 Å². The smallest absolute Gasteiger partial charge is 0.232 e. The lowest BCUT2D eigenvalue weighted by atomic mass is 9.89. The molecule has 2 unspecified atom stereocenters. The minimum absolute atomic E-state index is 0.00807. The maximum Gasteiger partial charge on any atom is 0.232 e. The number of nitriles is 1. The topological polar surface area (TPSA) is 78.5 Å². The Kier molecular flexibility index (Phi) is 8.10. The van der Waals surface area contributed by atoms with E-state index in [0.717, 1.165) is 137 Å². The van der Waals surface area contributed by atoms with Crippen molar-refractivity contribution in [1.29, 1.82) is 5.26 Å². The number of benzene rings is 10. The normalized spacial score (nSPS) is 15.1. The fraction of sp³-hybridized carbons (Fsp3) is 0.0294. The number of hydrogen-bond acceptors (Lipinski definition) is 4. The van der Waals surface area contributed by atoms with Crippen LogP contribution in [0.2, 0.25) is 0 Å². The molecule has 0 N–H and O–H groups in total. The van der Waals surface area contributed by atoms with Gasteiger partial charge in [0.15, 0.2) is 0 Å². The molecule has 0 spiro atoms. The van der Waals surface area contributed by atoms with Crippen molar-refractivity contribution in [2.24, 2.45) is 0 Å². The van der Waals surface area contributed by atoms with E-state index < -0.39 is 0 Å². The molecule has 15 aromatic rings. The molecule has 5 aromatic heterocycles. The molecule has 2 atom stereocenters. The van der Waals surface area contributed by atoms with Crippen LogP contribution in [-0.4, -0.2) is 19.8 Å². The fourth-order valence-electron chi connectivity index (χ4n) is 13.3. The maximum absolute atomic E-state index is 12.2. The summed E-state index contributed by atoms with van der Waals surface area (Å²) in [4.78, 5) is 4.61. The summed E-state index contributed by atoms with van der Waals surface area (Å²) in [6.07, 6.45) is 8.39. The second-order valence-corrected chi connectivity index (χ2v) is 19.9. The van der Waals surface area contributed by atoms with Crippen molar-refractivity contribution in [2.45, 2.75) is 12.0 Å². The van der Waals surface area contributed by atoms with Crippen molar-refractivity contribution >= 4 is 115 Å². The Morgan fingerprint density at radius 3 is 1.51 bits per heavy atom. The van der Waals surface area contributed by atoms with Crippen molar-refractivity contribution in [3.8, 4) is 40.0 Å². The van der Waals surface area contributed by atoms with Crippen molar-refractivity contribution in [1.82, 2.24) is 13.7 Å². The number of nitrogens with zero attached hydrogens (tertiary/aromatic N) is 5. The van der Waals surface area contributed by atoms with Gasteiger partial charge >= 0.3 is 0 Å². The molecule has 8 heteroatoms. The Bertz CT molecular complexity index is 5260. The summed E-state index contributed by atoms with van der Waals surface area (Å²) in [7, 11) is 0. The number of furan rings is 2. The Morgan fingerprint density at radius 1 is 0.434 bits per heavy atom. The molecule has 1 aliphatic carbocycles. The molecule has 0 saturated carbocycles. The van der Waals surface area contributed by atoms with E-state index in [1.54, 1.807) is 0 Å². The third kappa shape index (κ3) is 5.19. The number of aromatic nitrogens is 3. The van der Waals surface area contributed by atoms with E-state index in [1.165, 1.54) is 0 Å². The first kappa shape index (κ1) is 41.0. The van der Waals surface area contributed by atoms with E-state index in [2.05, 4.69) is 195 Å². The molecule has 352 valence electrons. The third-order valence-corrected chi connectivity index (χ3v) is 16.2. The molecule has 0 bridgehead atoms. The van der Waals surface area contributed by atoms with Crippen molar-refractivity contribution in [3.05, 3.63) is 235 Å². The molecule has 17 rings (SSSR count). The Morgan fingerprint density at radius 2 is 0.921 bits per heavy atom. The second-order valence-electron chi connectivity index (χ2n) is 19.9. The lowest BCUT2D eigenvalue weighted by Crippen LogP contribution is -2.15. The molecule has 6 heterocycles. The summed E-state index contributed by atoms with van der Waals surface area (Å²) in [5.74, 6) is 0.837.